The number of nitrogens with zero attached hydrogens (tertiary/aromatic N) is 2. The molecule has 1 saturated carbocycles. The predicted molar refractivity (Wildman–Crippen MR) is 69.6 cm³/mol. The number of carbonyl (C=O) groups excluding carboxylic acids is 1. The van der Waals surface area contributed by atoms with Gasteiger partial charge in [0, 0.05) is 6.04 Å². The smallest absolute Gasteiger partial charge is 0.276 e. The predicted octanol–water partition coefficient (Wildman–Crippen LogP) is 0.651. The van der Waals surface area contributed by atoms with E-state index in [1.54, 1.807) is 6.92 Å². The summed E-state index contributed by atoms with van der Waals surface area (Å²) in [5.41, 5.74) is 5.32. The Morgan fingerprint density at radius 1 is 1.58 bits per heavy atom. The van der Waals surface area contributed by atoms with Gasteiger partial charge in [-0.05, 0) is 19.8 Å². The van der Waals surface area contributed by atoms with Gasteiger partial charge in [0.1, 0.15) is 17.7 Å². The summed E-state index contributed by atoms with van der Waals surface area (Å²) in [6, 6.07) is 2.14. The third-order valence-electron chi connectivity index (χ3n) is 2.72. The highest BCUT2D eigenvalue weighted by Crippen LogP contribution is 2.20. The fraction of sp³-hybridized carbons (Fsp3) is 0.455. The van der Waals surface area contributed by atoms with Gasteiger partial charge in [0.05, 0.1) is 17.1 Å². The molecule has 0 bridgehead atoms. The van der Waals surface area contributed by atoms with Gasteiger partial charge in [0.2, 0.25) is 5.91 Å². The minimum absolute atomic E-state index is 0.0338. The molecule has 1 amide bonds. The zero-order chi connectivity index (χ0) is 14.0. The standard InChI is InChI=1S/C11H15N5O3/c1-6(11(17)14-7-2-3-7)13-10-5-8(16(18)19)4-9(12)15-10/h4-7H,2-3H2,1H3,(H,14,17)(H3,12,13,15). The number of pyridine rings is 1. The van der Waals surface area contributed by atoms with Crippen LogP contribution < -0.4 is 16.4 Å². The molecule has 0 saturated heterocycles. The molecule has 1 unspecified atom stereocenters. The molecule has 8 nitrogen and oxygen atoms in total. The Morgan fingerprint density at radius 3 is 2.84 bits per heavy atom. The van der Waals surface area contributed by atoms with Crippen LogP contribution in [0.2, 0.25) is 0 Å². The van der Waals surface area contributed by atoms with Gasteiger partial charge < -0.3 is 16.4 Å². The number of nitrogens with two attached hydrogens (primary N) is 1. The first-order valence-electron chi connectivity index (χ1n) is 5.94. The molecule has 1 atom stereocenters. The van der Waals surface area contributed by atoms with E-state index in [4.69, 9.17) is 5.73 Å². The Morgan fingerprint density at radius 2 is 2.26 bits per heavy atom. The van der Waals surface area contributed by atoms with E-state index in [9.17, 15) is 14.9 Å². The highest BCUT2D eigenvalue weighted by Gasteiger charge is 2.25. The highest BCUT2D eigenvalue weighted by atomic mass is 16.6. The topological polar surface area (TPSA) is 123 Å². The van der Waals surface area contributed by atoms with Crippen LogP contribution in [-0.4, -0.2) is 27.9 Å². The van der Waals surface area contributed by atoms with E-state index in [0.29, 0.717) is 0 Å². The first-order valence-corrected chi connectivity index (χ1v) is 5.94. The maximum atomic E-state index is 11.7. The van der Waals surface area contributed by atoms with Gasteiger partial charge in [-0.3, -0.25) is 14.9 Å². The molecule has 1 fully saturated rings. The molecule has 0 aliphatic heterocycles. The summed E-state index contributed by atoms with van der Waals surface area (Å²) in [6.45, 7) is 1.66. The third kappa shape index (κ3) is 3.54. The normalized spacial score (nSPS) is 15.6. The zero-order valence-corrected chi connectivity index (χ0v) is 10.4. The van der Waals surface area contributed by atoms with Crippen LogP contribution in [0.4, 0.5) is 17.3 Å². The fourth-order valence-electron chi connectivity index (χ4n) is 1.56. The van der Waals surface area contributed by atoms with Crippen LogP contribution in [0.25, 0.3) is 0 Å². The van der Waals surface area contributed by atoms with E-state index in [2.05, 4.69) is 15.6 Å². The van der Waals surface area contributed by atoms with Gasteiger partial charge >= 0.3 is 0 Å². The van der Waals surface area contributed by atoms with E-state index < -0.39 is 11.0 Å². The van der Waals surface area contributed by atoms with Gasteiger partial charge in [-0.1, -0.05) is 0 Å². The van der Waals surface area contributed by atoms with Crippen LogP contribution in [0.15, 0.2) is 12.1 Å². The Bertz CT molecular complexity index is 515. The summed E-state index contributed by atoms with van der Waals surface area (Å²) in [5, 5.41) is 16.3. The SMILES string of the molecule is CC(Nc1cc([N+](=O)[O-])cc(N)n1)C(=O)NC1CC1. The summed E-state index contributed by atoms with van der Waals surface area (Å²) in [6.07, 6.45) is 2.00. The molecule has 0 aromatic carbocycles. The van der Waals surface area contributed by atoms with Crippen LogP contribution in [0.5, 0.6) is 0 Å². The lowest BCUT2D eigenvalue weighted by Crippen LogP contribution is -2.38. The maximum Gasteiger partial charge on any atom is 0.276 e. The summed E-state index contributed by atoms with van der Waals surface area (Å²) in [5.74, 6) is 0.0889. The van der Waals surface area contributed by atoms with Gasteiger partial charge in [0.25, 0.3) is 5.69 Å². The molecule has 19 heavy (non-hydrogen) atoms. The number of aromatic nitrogens is 1. The van der Waals surface area contributed by atoms with Crippen molar-refractivity contribution < 1.29 is 9.72 Å². The molecule has 1 aromatic heterocycles. The third-order valence-corrected chi connectivity index (χ3v) is 2.72. The van der Waals surface area contributed by atoms with Crippen molar-refractivity contribution in [1.29, 1.82) is 0 Å². The number of nitrogen functional groups attached to an aromatic ring is 1. The van der Waals surface area contributed by atoms with E-state index in [0.717, 1.165) is 12.8 Å². The molecule has 1 aliphatic rings. The monoisotopic (exact) mass is 265 g/mol. The van der Waals surface area contributed by atoms with Crippen molar-refractivity contribution in [2.75, 3.05) is 11.1 Å². The van der Waals surface area contributed by atoms with Crippen molar-refractivity contribution in [3.05, 3.63) is 22.2 Å². The average molecular weight is 265 g/mol. The van der Waals surface area contributed by atoms with Gasteiger partial charge in [-0.25, -0.2) is 4.98 Å². The minimum atomic E-state index is -0.557. The van der Waals surface area contributed by atoms with Gasteiger partial charge in [-0.2, -0.15) is 0 Å². The number of amides is 1. The van der Waals surface area contributed by atoms with Crippen molar-refractivity contribution in [3.63, 3.8) is 0 Å². The first-order chi connectivity index (χ1) is 8.95. The first kappa shape index (κ1) is 13.1. The van der Waals surface area contributed by atoms with Crippen LogP contribution in [0.1, 0.15) is 19.8 Å². The second-order valence-corrected chi connectivity index (χ2v) is 4.54. The van der Waals surface area contributed by atoms with E-state index >= 15 is 0 Å². The summed E-state index contributed by atoms with van der Waals surface area (Å²) in [4.78, 5) is 25.8. The molecule has 0 radical (unpaired) electrons. The summed E-state index contributed by atoms with van der Waals surface area (Å²) in [7, 11) is 0. The summed E-state index contributed by atoms with van der Waals surface area (Å²) >= 11 is 0. The number of carbonyl (C=O) groups is 1. The quantitative estimate of drug-likeness (QED) is 0.530. The Hall–Kier alpha value is -2.38. The van der Waals surface area contributed by atoms with Crippen LogP contribution in [0, 0.1) is 10.1 Å². The Balaban J connectivity index is 2.04. The molecule has 1 aromatic rings. The van der Waals surface area contributed by atoms with Crippen molar-refractivity contribution >= 4 is 23.2 Å². The second-order valence-electron chi connectivity index (χ2n) is 4.54. The number of hydrogen-bond donors (Lipinski definition) is 3. The van der Waals surface area contributed by atoms with Gasteiger partial charge in [-0.15, -0.1) is 0 Å². The van der Waals surface area contributed by atoms with E-state index in [-0.39, 0.29) is 29.3 Å². The van der Waals surface area contributed by atoms with Crippen LogP contribution >= 0.6 is 0 Å². The minimum Gasteiger partial charge on any atom is -0.383 e. The fourth-order valence-corrected chi connectivity index (χ4v) is 1.56. The molecular weight excluding hydrogens is 250 g/mol. The number of rotatable bonds is 5. The second kappa shape index (κ2) is 5.09. The Labute approximate surface area is 109 Å². The van der Waals surface area contributed by atoms with E-state index in [1.165, 1.54) is 12.1 Å². The molecular formula is C11H15N5O3. The number of nitro groups is 1. The number of hydrogen-bond acceptors (Lipinski definition) is 6. The molecule has 1 heterocycles. The van der Waals surface area contributed by atoms with Crippen LogP contribution in [0.3, 0.4) is 0 Å². The molecule has 2 rings (SSSR count). The molecule has 8 heteroatoms. The lowest BCUT2D eigenvalue weighted by atomic mass is 10.3. The maximum absolute atomic E-state index is 11.7. The van der Waals surface area contributed by atoms with Crippen molar-refractivity contribution in [3.8, 4) is 0 Å². The number of anilines is 2. The largest absolute Gasteiger partial charge is 0.383 e. The summed E-state index contributed by atoms with van der Waals surface area (Å²) < 4.78 is 0. The zero-order valence-electron chi connectivity index (χ0n) is 10.4. The van der Waals surface area contributed by atoms with Gasteiger partial charge in [0.15, 0.2) is 0 Å². The molecule has 0 spiro atoms. The van der Waals surface area contributed by atoms with Crippen molar-refractivity contribution in [1.82, 2.24) is 10.3 Å². The average Bonchev–Trinajstić information content (AvgIpc) is 3.11. The van der Waals surface area contributed by atoms with Crippen molar-refractivity contribution in [2.45, 2.75) is 31.8 Å². The van der Waals surface area contributed by atoms with Crippen molar-refractivity contribution in [2.24, 2.45) is 0 Å². The number of nitrogens with one attached hydrogen (secondary N) is 2. The molecule has 1 aliphatic carbocycles. The Kier molecular flexibility index (Phi) is 3.50. The van der Waals surface area contributed by atoms with E-state index in [1.807, 2.05) is 0 Å². The molecule has 102 valence electrons. The lowest BCUT2D eigenvalue weighted by molar-refractivity contribution is -0.384. The molecule has 4 N–H and O–H groups in total. The van der Waals surface area contributed by atoms with Crippen LogP contribution in [-0.2, 0) is 4.79 Å². The lowest BCUT2D eigenvalue weighted by Gasteiger charge is -2.14. The highest BCUT2D eigenvalue weighted by molar-refractivity contribution is 5.84.